The molecule has 100 valence electrons. The Balaban J connectivity index is 2.28. The van der Waals surface area contributed by atoms with Crippen molar-refractivity contribution in [1.29, 1.82) is 0 Å². The van der Waals surface area contributed by atoms with Gasteiger partial charge in [0.05, 0.1) is 0 Å². The number of carbonyl (C=O) groups is 1. The van der Waals surface area contributed by atoms with E-state index in [1.807, 2.05) is 0 Å². The molecule has 0 saturated heterocycles. The second kappa shape index (κ2) is 4.57. The lowest BCUT2D eigenvalue weighted by atomic mass is 10.0. The van der Waals surface area contributed by atoms with Crippen molar-refractivity contribution in [3.63, 3.8) is 0 Å². The van der Waals surface area contributed by atoms with Gasteiger partial charge < -0.3 is 10.8 Å². The molecule has 0 spiro atoms. The Kier molecular flexibility index (Phi) is 2.87. The van der Waals surface area contributed by atoms with Crippen LogP contribution in [-0.4, -0.2) is 16.1 Å². The number of fused-ring (bicyclic) bond motifs is 1. The molecule has 1 aromatic heterocycles. The van der Waals surface area contributed by atoms with Crippen LogP contribution in [0.3, 0.4) is 0 Å². The number of anilines is 1. The van der Waals surface area contributed by atoms with E-state index >= 15 is 0 Å². The van der Waals surface area contributed by atoms with E-state index in [2.05, 4.69) is 4.98 Å². The summed E-state index contributed by atoms with van der Waals surface area (Å²) >= 11 is 1.08. The maximum absolute atomic E-state index is 13.8. The smallest absolute Gasteiger partial charge is 0.357 e. The van der Waals surface area contributed by atoms with Crippen LogP contribution < -0.4 is 5.73 Å². The summed E-state index contributed by atoms with van der Waals surface area (Å²) in [7, 11) is 0. The summed E-state index contributed by atoms with van der Waals surface area (Å²) in [5.41, 5.74) is 6.16. The number of carboxylic acids is 1. The van der Waals surface area contributed by atoms with E-state index in [9.17, 15) is 9.18 Å². The molecule has 0 aliphatic heterocycles. The molecule has 3 aromatic rings. The normalized spacial score (nSPS) is 10.8. The fourth-order valence-corrected chi connectivity index (χ4v) is 2.91. The van der Waals surface area contributed by atoms with Crippen LogP contribution in [0, 0.1) is 5.82 Å². The molecule has 3 rings (SSSR count). The highest BCUT2D eigenvalue weighted by atomic mass is 32.1. The molecule has 6 heteroatoms. The highest BCUT2D eigenvalue weighted by Crippen LogP contribution is 2.35. The molecule has 0 unspecified atom stereocenters. The molecule has 1 heterocycles. The summed E-state index contributed by atoms with van der Waals surface area (Å²) in [6.45, 7) is 0. The zero-order chi connectivity index (χ0) is 14.3. The average molecular weight is 288 g/mol. The zero-order valence-electron chi connectivity index (χ0n) is 10.1. The van der Waals surface area contributed by atoms with Crippen molar-refractivity contribution >= 4 is 33.1 Å². The van der Waals surface area contributed by atoms with Crippen molar-refractivity contribution < 1.29 is 14.3 Å². The number of nitrogens with two attached hydrogens (primary N) is 1. The van der Waals surface area contributed by atoms with Crippen LogP contribution in [0.1, 0.15) is 10.5 Å². The van der Waals surface area contributed by atoms with Gasteiger partial charge in [-0.2, -0.15) is 0 Å². The van der Waals surface area contributed by atoms with Crippen LogP contribution in [0.4, 0.5) is 9.39 Å². The molecule has 0 aliphatic carbocycles. The molecule has 0 bridgehead atoms. The molecular weight excluding hydrogens is 279 g/mol. The first-order chi connectivity index (χ1) is 9.58. The van der Waals surface area contributed by atoms with Crippen molar-refractivity contribution in [2.45, 2.75) is 0 Å². The minimum absolute atomic E-state index is 0.140. The number of nitrogens with zero attached hydrogens (tertiary/aromatic N) is 1. The number of hydrogen-bond acceptors (Lipinski definition) is 4. The minimum Gasteiger partial charge on any atom is -0.476 e. The molecular formula is C14H9FN2O2S. The molecule has 0 atom stereocenters. The van der Waals surface area contributed by atoms with E-state index < -0.39 is 5.97 Å². The molecule has 0 fully saturated rings. The Hall–Kier alpha value is -2.47. The number of hydrogen-bond donors (Lipinski definition) is 2. The Morgan fingerprint density at radius 3 is 2.55 bits per heavy atom. The molecule has 4 nitrogen and oxygen atoms in total. The van der Waals surface area contributed by atoms with Crippen LogP contribution in [-0.2, 0) is 0 Å². The summed E-state index contributed by atoms with van der Waals surface area (Å²) in [5.74, 6) is -1.50. The number of aromatic carboxylic acids is 1. The van der Waals surface area contributed by atoms with E-state index in [0.29, 0.717) is 21.3 Å². The SMILES string of the molecule is Nc1sc(-c2ccc(F)c3ccccc23)nc1C(=O)O. The van der Waals surface area contributed by atoms with E-state index in [4.69, 9.17) is 10.8 Å². The van der Waals surface area contributed by atoms with Gasteiger partial charge in [-0.3, -0.25) is 0 Å². The minimum atomic E-state index is -1.17. The lowest BCUT2D eigenvalue weighted by Crippen LogP contribution is -2.00. The predicted molar refractivity (Wildman–Crippen MR) is 76.4 cm³/mol. The van der Waals surface area contributed by atoms with Crippen LogP contribution >= 0.6 is 11.3 Å². The number of nitrogen functional groups attached to an aromatic ring is 1. The summed E-state index contributed by atoms with van der Waals surface area (Å²) in [6.07, 6.45) is 0. The maximum Gasteiger partial charge on any atom is 0.357 e. The third-order valence-corrected chi connectivity index (χ3v) is 3.88. The van der Waals surface area contributed by atoms with E-state index in [1.165, 1.54) is 6.07 Å². The summed E-state index contributed by atoms with van der Waals surface area (Å²) in [4.78, 5) is 15.0. The fraction of sp³-hybridized carbons (Fsp3) is 0. The zero-order valence-corrected chi connectivity index (χ0v) is 10.9. The standard InChI is InChI=1S/C14H9FN2O2S/c15-10-6-5-9(7-3-1-2-4-8(7)10)13-17-11(14(18)19)12(16)20-13/h1-6H,16H2,(H,18,19). The van der Waals surface area contributed by atoms with Gasteiger partial charge in [0.15, 0.2) is 5.69 Å². The number of aromatic nitrogens is 1. The number of thiazole rings is 1. The van der Waals surface area contributed by atoms with Crippen molar-refractivity contribution in [3.05, 3.63) is 47.9 Å². The first-order valence-electron chi connectivity index (χ1n) is 5.75. The fourth-order valence-electron chi connectivity index (χ4n) is 2.05. The van der Waals surface area contributed by atoms with Crippen LogP contribution in [0.5, 0.6) is 0 Å². The first kappa shape index (κ1) is 12.6. The molecule has 0 saturated carbocycles. The third kappa shape index (κ3) is 1.90. The average Bonchev–Trinajstić information content (AvgIpc) is 2.81. The largest absolute Gasteiger partial charge is 0.476 e. The molecule has 3 N–H and O–H groups in total. The summed E-state index contributed by atoms with van der Waals surface area (Å²) in [5, 5.41) is 10.7. The monoisotopic (exact) mass is 288 g/mol. The predicted octanol–water partition coefficient (Wildman–Crippen LogP) is 3.38. The molecule has 0 amide bonds. The lowest BCUT2D eigenvalue weighted by molar-refractivity contribution is 0.0692. The number of halogens is 1. The Morgan fingerprint density at radius 2 is 1.90 bits per heavy atom. The second-order valence-electron chi connectivity index (χ2n) is 4.18. The Labute approximate surface area is 117 Å². The number of rotatable bonds is 2. The van der Waals surface area contributed by atoms with Crippen molar-refractivity contribution in [2.75, 3.05) is 5.73 Å². The second-order valence-corrected chi connectivity index (χ2v) is 5.21. The third-order valence-electron chi connectivity index (χ3n) is 2.96. The van der Waals surface area contributed by atoms with E-state index in [1.54, 1.807) is 30.3 Å². The lowest BCUT2D eigenvalue weighted by Gasteiger charge is -2.04. The van der Waals surface area contributed by atoms with Crippen molar-refractivity contribution in [1.82, 2.24) is 4.98 Å². The molecule has 20 heavy (non-hydrogen) atoms. The van der Waals surface area contributed by atoms with Gasteiger partial charge in [-0.15, -0.1) is 0 Å². The van der Waals surface area contributed by atoms with Gasteiger partial charge in [0.25, 0.3) is 0 Å². The highest BCUT2D eigenvalue weighted by molar-refractivity contribution is 7.19. The van der Waals surface area contributed by atoms with Crippen LogP contribution in [0.25, 0.3) is 21.3 Å². The van der Waals surface area contributed by atoms with Gasteiger partial charge in [0, 0.05) is 10.9 Å². The quantitative estimate of drug-likeness (QED) is 0.758. The maximum atomic E-state index is 13.8. The molecule has 0 radical (unpaired) electrons. The number of benzene rings is 2. The van der Waals surface area contributed by atoms with E-state index in [-0.39, 0.29) is 16.5 Å². The topological polar surface area (TPSA) is 76.2 Å². The van der Waals surface area contributed by atoms with Gasteiger partial charge >= 0.3 is 5.97 Å². The highest BCUT2D eigenvalue weighted by Gasteiger charge is 2.17. The molecule has 0 aliphatic rings. The number of carboxylic acid groups (broad SMARTS) is 1. The first-order valence-corrected chi connectivity index (χ1v) is 6.57. The Morgan fingerprint density at radius 1 is 1.20 bits per heavy atom. The van der Waals surface area contributed by atoms with Crippen molar-refractivity contribution in [2.24, 2.45) is 0 Å². The van der Waals surface area contributed by atoms with Crippen LogP contribution in [0.15, 0.2) is 36.4 Å². The van der Waals surface area contributed by atoms with Crippen LogP contribution in [0.2, 0.25) is 0 Å². The van der Waals surface area contributed by atoms with Crippen molar-refractivity contribution in [3.8, 4) is 10.6 Å². The molecule has 2 aromatic carbocycles. The Bertz CT molecular complexity index is 829. The van der Waals surface area contributed by atoms with Gasteiger partial charge in [0.1, 0.15) is 15.8 Å². The van der Waals surface area contributed by atoms with Gasteiger partial charge in [-0.1, -0.05) is 35.6 Å². The van der Waals surface area contributed by atoms with Gasteiger partial charge in [0.2, 0.25) is 0 Å². The van der Waals surface area contributed by atoms with Gasteiger partial charge in [-0.25, -0.2) is 14.2 Å². The summed E-state index contributed by atoms with van der Waals surface area (Å²) in [6, 6.07) is 9.90. The van der Waals surface area contributed by atoms with E-state index in [0.717, 1.165) is 11.3 Å². The van der Waals surface area contributed by atoms with Gasteiger partial charge in [-0.05, 0) is 17.5 Å². The summed E-state index contributed by atoms with van der Waals surface area (Å²) < 4.78 is 13.8.